The number of carbonyl (C=O) groups is 1. The molecule has 2 aliphatic rings. The van der Waals surface area contributed by atoms with Crippen LogP contribution in [-0.4, -0.2) is 110 Å². The first kappa shape index (κ1) is 31.3. The second-order valence-corrected chi connectivity index (χ2v) is 9.78. The number of aromatic nitrogens is 4. The summed E-state index contributed by atoms with van der Waals surface area (Å²) in [6.07, 6.45) is -2.76. The molecule has 0 atom stereocenters. The molecule has 2 aliphatic heterocycles. The van der Waals surface area contributed by atoms with Gasteiger partial charge < -0.3 is 19.3 Å². The van der Waals surface area contributed by atoms with Gasteiger partial charge in [-0.2, -0.15) is 21.6 Å². The lowest BCUT2D eigenvalue weighted by atomic mass is 10.1. The SMILES string of the molecule is CCOC(=O)Nc1cc(C(F)(F)F)c(-c2nc(N3CCOCC3)c3cc(CN4CCN(C)CC4)cn3n2)cn1.O=S=O. The number of hydrogen-bond donors (Lipinski definition) is 1. The third kappa shape index (κ3) is 7.78. The van der Waals surface area contributed by atoms with E-state index in [-0.39, 0.29) is 23.8 Å². The molecule has 228 valence electrons. The van der Waals surface area contributed by atoms with E-state index in [2.05, 4.69) is 37.2 Å². The van der Waals surface area contributed by atoms with Crippen LogP contribution in [0.25, 0.3) is 16.9 Å². The van der Waals surface area contributed by atoms with Gasteiger partial charge in [-0.3, -0.25) is 10.2 Å². The fourth-order valence-electron chi connectivity index (χ4n) is 4.72. The zero-order chi connectivity index (χ0) is 30.3. The topological polar surface area (TPSA) is 134 Å². The molecule has 0 unspecified atom stereocenters. The summed E-state index contributed by atoms with van der Waals surface area (Å²) in [5, 5.41) is 6.71. The first-order valence-corrected chi connectivity index (χ1v) is 13.9. The molecule has 13 nitrogen and oxygen atoms in total. The Labute approximate surface area is 243 Å². The monoisotopic (exact) mass is 612 g/mol. The van der Waals surface area contributed by atoms with Gasteiger partial charge >= 0.3 is 23.8 Å². The van der Waals surface area contributed by atoms with Gasteiger partial charge in [-0.25, -0.2) is 19.3 Å². The van der Waals surface area contributed by atoms with Crippen molar-refractivity contribution in [3.05, 3.63) is 35.7 Å². The van der Waals surface area contributed by atoms with Crippen LogP contribution in [0, 0.1) is 0 Å². The number of halogens is 3. The first-order chi connectivity index (χ1) is 20.1. The van der Waals surface area contributed by atoms with E-state index in [9.17, 15) is 18.0 Å². The number of hydrogen-bond acceptors (Lipinski definition) is 11. The quantitative estimate of drug-likeness (QED) is 0.440. The molecule has 0 aliphatic carbocycles. The normalized spacial score (nSPS) is 16.5. The third-order valence-electron chi connectivity index (χ3n) is 6.77. The third-order valence-corrected chi connectivity index (χ3v) is 6.77. The van der Waals surface area contributed by atoms with Gasteiger partial charge in [-0.15, -0.1) is 5.10 Å². The number of amides is 1. The smallest absolute Gasteiger partial charge is 0.417 e. The number of carbonyl (C=O) groups excluding carboxylic acids is 1. The lowest BCUT2D eigenvalue weighted by molar-refractivity contribution is -0.137. The maximum Gasteiger partial charge on any atom is 0.417 e. The molecule has 3 aromatic heterocycles. The predicted molar refractivity (Wildman–Crippen MR) is 147 cm³/mol. The number of rotatable bonds is 6. The van der Waals surface area contributed by atoms with E-state index < -0.39 is 29.4 Å². The minimum atomic E-state index is -4.75. The van der Waals surface area contributed by atoms with Crippen molar-refractivity contribution in [1.29, 1.82) is 0 Å². The van der Waals surface area contributed by atoms with E-state index in [4.69, 9.17) is 17.9 Å². The van der Waals surface area contributed by atoms with Gasteiger partial charge in [0.2, 0.25) is 0 Å². The van der Waals surface area contributed by atoms with E-state index in [1.807, 2.05) is 17.2 Å². The van der Waals surface area contributed by atoms with Crippen LogP contribution in [0.2, 0.25) is 0 Å². The van der Waals surface area contributed by atoms with Crippen LogP contribution < -0.4 is 10.2 Å². The van der Waals surface area contributed by atoms with Crippen molar-refractivity contribution in [3.63, 3.8) is 0 Å². The van der Waals surface area contributed by atoms with Gasteiger partial charge in [0, 0.05) is 58.2 Å². The van der Waals surface area contributed by atoms with Crippen molar-refractivity contribution in [2.24, 2.45) is 0 Å². The molecule has 0 saturated carbocycles. The maximum absolute atomic E-state index is 14.2. The molecule has 2 saturated heterocycles. The Morgan fingerprint density at radius 2 is 1.81 bits per heavy atom. The maximum atomic E-state index is 14.2. The number of nitrogens with zero attached hydrogens (tertiary/aromatic N) is 7. The summed E-state index contributed by atoms with van der Waals surface area (Å²) in [4.78, 5) is 27.0. The lowest BCUT2D eigenvalue weighted by Gasteiger charge is -2.32. The Bertz CT molecular complexity index is 1420. The van der Waals surface area contributed by atoms with Crippen LogP contribution in [0.5, 0.6) is 0 Å². The van der Waals surface area contributed by atoms with Crippen LogP contribution in [0.15, 0.2) is 24.5 Å². The Morgan fingerprint density at radius 1 is 1.12 bits per heavy atom. The van der Waals surface area contributed by atoms with Crippen molar-refractivity contribution < 1.29 is 35.9 Å². The lowest BCUT2D eigenvalue weighted by Crippen LogP contribution is -2.43. The van der Waals surface area contributed by atoms with E-state index in [1.54, 1.807) is 11.4 Å². The largest absolute Gasteiger partial charge is 0.450 e. The summed E-state index contributed by atoms with van der Waals surface area (Å²) in [6.45, 7) is 8.28. The van der Waals surface area contributed by atoms with Gasteiger partial charge in [-0.1, -0.05) is 0 Å². The van der Waals surface area contributed by atoms with E-state index in [1.165, 1.54) is 0 Å². The number of piperazine rings is 1. The molecule has 42 heavy (non-hydrogen) atoms. The van der Waals surface area contributed by atoms with Crippen LogP contribution in [0.1, 0.15) is 18.1 Å². The molecule has 5 rings (SSSR count). The Morgan fingerprint density at radius 3 is 2.45 bits per heavy atom. The van der Waals surface area contributed by atoms with Gasteiger partial charge in [0.1, 0.15) is 11.3 Å². The van der Waals surface area contributed by atoms with Crippen molar-refractivity contribution in [2.45, 2.75) is 19.6 Å². The first-order valence-electron chi connectivity index (χ1n) is 13.2. The van der Waals surface area contributed by atoms with Gasteiger partial charge in [-0.05, 0) is 31.7 Å². The van der Waals surface area contributed by atoms with Crippen molar-refractivity contribution in [3.8, 4) is 11.4 Å². The van der Waals surface area contributed by atoms with Gasteiger partial charge in [0.25, 0.3) is 0 Å². The molecule has 2 fully saturated rings. The second kappa shape index (κ2) is 14.0. The number of morpholine rings is 1. The van der Waals surface area contributed by atoms with Crippen molar-refractivity contribution in [1.82, 2.24) is 29.4 Å². The Hall–Kier alpha value is -3.67. The highest BCUT2D eigenvalue weighted by molar-refractivity contribution is 7.51. The molecule has 1 N–H and O–H groups in total. The number of ether oxygens (including phenoxy) is 2. The Kier molecular flexibility index (Phi) is 10.4. The van der Waals surface area contributed by atoms with Crippen molar-refractivity contribution >= 4 is 34.8 Å². The standard InChI is InChI=1S/C25H31F3N8O3.O2S/c1-3-39-24(37)30-21-13-19(25(26,27)28)18(14-29-21)22-31-23(35-8-10-38-11-9-35)20-12-17(16-36(20)32-22)15-34-6-4-33(2)5-7-34;1-3-2/h12-14,16H,3-11,15H2,1-2H3,(H,29,30,37);. The average molecular weight is 613 g/mol. The molecule has 3 aromatic rings. The van der Waals surface area contributed by atoms with Crippen LogP contribution in [0.4, 0.5) is 29.6 Å². The Balaban J connectivity index is 0.00000129. The van der Waals surface area contributed by atoms with Crippen LogP contribution in [0.3, 0.4) is 0 Å². The van der Waals surface area contributed by atoms with Crippen LogP contribution in [-0.2, 0) is 33.8 Å². The van der Waals surface area contributed by atoms with Crippen molar-refractivity contribution in [2.75, 3.05) is 76.4 Å². The summed E-state index contributed by atoms with van der Waals surface area (Å²) in [7, 11) is 2.10. The minimum Gasteiger partial charge on any atom is -0.450 e. The number of pyridine rings is 1. The highest BCUT2D eigenvalue weighted by Crippen LogP contribution is 2.38. The molecule has 0 spiro atoms. The zero-order valence-corrected chi connectivity index (χ0v) is 23.9. The molecule has 0 radical (unpaired) electrons. The van der Waals surface area contributed by atoms with E-state index in [0.29, 0.717) is 44.2 Å². The molecule has 0 aromatic carbocycles. The van der Waals surface area contributed by atoms with E-state index >= 15 is 0 Å². The molecular weight excluding hydrogens is 581 g/mol. The summed E-state index contributed by atoms with van der Waals surface area (Å²) < 4.78 is 71.0. The number of likely N-dealkylation sites (N-methyl/N-ethyl adjacent to an activating group) is 1. The number of alkyl halides is 3. The molecule has 5 heterocycles. The number of nitrogens with one attached hydrogen (secondary N) is 1. The summed E-state index contributed by atoms with van der Waals surface area (Å²) in [5.74, 6) is 0.137. The van der Waals surface area contributed by atoms with E-state index in [0.717, 1.165) is 44.0 Å². The second-order valence-electron chi connectivity index (χ2n) is 9.64. The highest BCUT2D eigenvalue weighted by atomic mass is 32.1. The van der Waals surface area contributed by atoms with Gasteiger partial charge in [0.15, 0.2) is 11.6 Å². The number of anilines is 2. The molecule has 17 heteroatoms. The predicted octanol–water partition coefficient (Wildman–Crippen LogP) is 2.29. The van der Waals surface area contributed by atoms with Gasteiger partial charge in [0.05, 0.1) is 30.9 Å². The fourth-order valence-corrected chi connectivity index (χ4v) is 4.72. The molecular formula is C25H31F3N8O5S. The van der Waals surface area contributed by atoms with Crippen LogP contribution >= 0.6 is 0 Å². The molecule has 0 bridgehead atoms. The fraction of sp³-hybridized carbons (Fsp3) is 0.520. The minimum absolute atomic E-state index is 0.0713. The summed E-state index contributed by atoms with van der Waals surface area (Å²) >= 11 is -0.750. The average Bonchev–Trinajstić information content (AvgIpc) is 3.36. The summed E-state index contributed by atoms with van der Waals surface area (Å²) in [5.41, 5.74) is 0.416. The molecule has 1 amide bonds. The highest BCUT2D eigenvalue weighted by Gasteiger charge is 2.36. The number of fused-ring (bicyclic) bond motifs is 1. The summed E-state index contributed by atoms with van der Waals surface area (Å²) in [6, 6.07) is 2.77. The zero-order valence-electron chi connectivity index (χ0n) is 23.1.